The van der Waals surface area contributed by atoms with E-state index in [0.717, 1.165) is 10.9 Å². The van der Waals surface area contributed by atoms with Crippen molar-refractivity contribution in [2.75, 3.05) is 12.3 Å². The van der Waals surface area contributed by atoms with Crippen LogP contribution in [0.2, 0.25) is 0 Å². The minimum Gasteiger partial charge on any atom is -0.490 e. The highest BCUT2D eigenvalue weighted by atomic mass is 16.5. The lowest BCUT2D eigenvalue weighted by atomic mass is 10.2. The lowest BCUT2D eigenvalue weighted by Gasteiger charge is -2.12. The second kappa shape index (κ2) is 5.71. The summed E-state index contributed by atoms with van der Waals surface area (Å²) in [7, 11) is 0. The molecule has 0 radical (unpaired) electrons. The van der Waals surface area contributed by atoms with Gasteiger partial charge in [-0.15, -0.1) is 0 Å². The molecule has 21 heavy (non-hydrogen) atoms. The first kappa shape index (κ1) is 13.2. The minimum absolute atomic E-state index is 0.0293. The van der Waals surface area contributed by atoms with Crippen molar-refractivity contribution in [3.8, 4) is 5.75 Å². The molecule has 2 aromatic carbocycles. The number of ether oxygens (including phenoxy) is 1. The van der Waals surface area contributed by atoms with E-state index in [0.29, 0.717) is 24.6 Å². The average Bonchev–Trinajstić information content (AvgIpc) is 2.51. The van der Waals surface area contributed by atoms with E-state index < -0.39 is 0 Å². The Hall–Kier alpha value is -2.75. The summed E-state index contributed by atoms with van der Waals surface area (Å²) in [5.41, 5.74) is 7.31. The van der Waals surface area contributed by atoms with E-state index in [1.54, 1.807) is 16.7 Å². The van der Waals surface area contributed by atoms with Crippen molar-refractivity contribution in [2.45, 2.75) is 6.54 Å². The molecule has 0 aliphatic carbocycles. The van der Waals surface area contributed by atoms with Crippen LogP contribution in [0.4, 0.5) is 5.69 Å². The van der Waals surface area contributed by atoms with Gasteiger partial charge in [0.25, 0.3) is 5.56 Å². The number of nitrogens with zero attached hydrogens (tertiary/aromatic N) is 1. The Morgan fingerprint density at radius 3 is 2.57 bits per heavy atom. The first-order chi connectivity index (χ1) is 10.3. The monoisotopic (exact) mass is 280 g/mol. The van der Waals surface area contributed by atoms with Crippen LogP contribution in [-0.2, 0) is 6.54 Å². The molecule has 0 atom stereocenters. The smallest absolute Gasteiger partial charge is 0.251 e. The zero-order chi connectivity index (χ0) is 14.7. The molecular weight excluding hydrogens is 264 g/mol. The highest BCUT2D eigenvalue weighted by molar-refractivity contribution is 5.78. The highest BCUT2D eigenvalue weighted by Crippen LogP contribution is 2.19. The van der Waals surface area contributed by atoms with Gasteiger partial charge in [0.1, 0.15) is 12.4 Å². The van der Waals surface area contributed by atoms with Crippen LogP contribution in [0.1, 0.15) is 0 Å². The Kier molecular flexibility index (Phi) is 3.60. The van der Waals surface area contributed by atoms with Gasteiger partial charge in [0, 0.05) is 6.07 Å². The molecule has 0 amide bonds. The molecule has 2 N–H and O–H groups in total. The van der Waals surface area contributed by atoms with Crippen LogP contribution < -0.4 is 16.0 Å². The molecular formula is C17H16N2O2. The van der Waals surface area contributed by atoms with Gasteiger partial charge in [0.15, 0.2) is 0 Å². The third-order valence-electron chi connectivity index (χ3n) is 3.39. The molecule has 0 aliphatic heterocycles. The SMILES string of the molecule is Nc1ccccc1OCCn1c(=O)ccc2ccccc21. The number of nitrogen functional groups attached to an aromatic ring is 1. The molecule has 0 spiro atoms. The molecule has 0 bridgehead atoms. The Bertz CT molecular complexity index is 824. The summed E-state index contributed by atoms with van der Waals surface area (Å²) >= 11 is 0. The lowest BCUT2D eigenvalue weighted by molar-refractivity contribution is 0.300. The predicted molar refractivity (Wildman–Crippen MR) is 84.6 cm³/mol. The summed E-state index contributed by atoms with van der Waals surface area (Å²) in [6.45, 7) is 0.872. The molecule has 0 unspecified atom stereocenters. The van der Waals surface area contributed by atoms with Gasteiger partial charge < -0.3 is 15.0 Å². The van der Waals surface area contributed by atoms with Crippen LogP contribution in [-0.4, -0.2) is 11.2 Å². The van der Waals surface area contributed by atoms with Crippen molar-refractivity contribution in [1.82, 2.24) is 4.57 Å². The van der Waals surface area contributed by atoms with Gasteiger partial charge in [0.05, 0.1) is 17.7 Å². The van der Waals surface area contributed by atoms with E-state index in [-0.39, 0.29) is 5.56 Å². The normalized spacial score (nSPS) is 10.7. The lowest BCUT2D eigenvalue weighted by Crippen LogP contribution is -2.22. The maximum atomic E-state index is 12.0. The maximum absolute atomic E-state index is 12.0. The predicted octanol–water partition coefficient (Wildman–Crippen LogP) is 2.66. The summed E-state index contributed by atoms with van der Waals surface area (Å²) in [6.07, 6.45) is 0. The fraction of sp³-hybridized carbons (Fsp3) is 0.118. The molecule has 1 heterocycles. The van der Waals surface area contributed by atoms with Gasteiger partial charge in [-0.3, -0.25) is 4.79 Å². The topological polar surface area (TPSA) is 57.2 Å². The molecule has 0 saturated carbocycles. The van der Waals surface area contributed by atoms with Gasteiger partial charge in [-0.05, 0) is 29.7 Å². The minimum atomic E-state index is -0.0293. The molecule has 4 heteroatoms. The van der Waals surface area contributed by atoms with E-state index in [2.05, 4.69) is 0 Å². The molecule has 3 rings (SSSR count). The molecule has 1 aromatic heterocycles. The van der Waals surface area contributed by atoms with Crippen LogP contribution >= 0.6 is 0 Å². The number of pyridine rings is 1. The van der Waals surface area contributed by atoms with Crippen molar-refractivity contribution < 1.29 is 4.74 Å². The standard InChI is InChI=1S/C17H16N2O2/c18-14-6-2-4-8-16(14)21-12-11-19-15-7-3-1-5-13(15)9-10-17(19)20/h1-10H,11-12,18H2. The third kappa shape index (κ3) is 2.74. The quantitative estimate of drug-likeness (QED) is 0.747. The van der Waals surface area contributed by atoms with E-state index in [1.807, 2.05) is 48.5 Å². The van der Waals surface area contributed by atoms with Gasteiger partial charge in [-0.25, -0.2) is 0 Å². The number of rotatable bonds is 4. The molecule has 4 nitrogen and oxygen atoms in total. The van der Waals surface area contributed by atoms with Gasteiger partial charge in [-0.1, -0.05) is 30.3 Å². The van der Waals surface area contributed by atoms with Crippen LogP contribution in [0.3, 0.4) is 0 Å². The zero-order valence-corrected chi connectivity index (χ0v) is 11.5. The van der Waals surface area contributed by atoms with E-state index in [4.69, 9.17) is 10.5 Å². The summed E-state index contributed by atoms with van der Waals surface area (Å²) in [5, 5.41) is 1.04. The number of anilines is 1. The van der Waals surface area contributed by atoms with E-state index >= 15 is 0 Å². The first-order valence-electron chi connectivity index (χ1n) is 6.81. The van der Waals surface area contributed by atoms with Crippen LogP contribution in [0.5, 0.6) is 5.75 Å². The molecule has 0 saturated heterocycles. The highest BCUT2D eigenvalue weighted by Gasteiger charge is 2.03. The van der Waals surface area contributed by atoms with Crippen LogP contribution in [0, 0.1) is 0 Å². The molecule has 0 fully saturated rings. The number of benzene rings is 2. The maximum Gasteiger partial charge on any atom is 0.251 e. The number of para-hydroxylation sites is 3. The van der Waals surface area contributed by atoms with Crippen molar-refractivity contribution >= 4 is 16.6 Å². The fourth-order valence-electron chi connectivity index (χ4n) is 2.33. The Labute approximate surface area is 122 Å². The van der Waals surface area contributed by atoms with Crippen LogP contribution in [0.15, 0.2) is 65.5 Å². The second-order valence-corrected chi connectivity index (χ2v) is 4.77. The van der Waals surface area contributed by atoms with Crippen molar-refractivity contribution in [2.24, 2.45) is 0 Å². The average molecular weight is 280 g/mol. The van der Waals surface area contributed by atoms with Gasteiger partial charge in [-0.2, -0.15) is 0 Å². The Morgan fingerprint density at radius 2 is 1.71 bits per heavy atom. The zero-order valence-electron chi connectivity index (χ0n) is 11.5. The Balaban J connectivity index is 1.81. The largest absolute Gasteiger partial charge is 0.490 e. The summed E-state index contributed by atoms with van der Waals surface area (Å²) in [4.78, 5) is 12.0. The number of nitrogens with two attached hydrogens (primary N) is 1. The Morgan fingerprint density at radius 1 is 0.952 bits per heavy atom. The fourth-order valence-corrected chi connectivity index (χ4v) is 2.33. The molecule has 106 valence electrons. The summed E-state index contributed by atoms with van der Waals surface area (Å²) in [6, 6.07) is 18.6. The van der Waals surface area contributed by atoms with E-state index in [1.165, 1.54) is 0 Å². The van der Waals surface area contributed by atoms with Gasteiger partial charge >= 0.3 is 0 Å². The van der Waals surface area contributed by atoms with E-state index in [9.17, 15) is 4.79 Å². The third-order valence-corrected chi connectivity index (χ3v) is 3.39. The van der Waals surface area contributed by atoms with Crippen molar-refractivity contribution in [1.29, 1.82) is 0 Å². The number of fused-ring (bicyclic) bond motifs is 1. The van der Waals surface area contributed by atoms with Crippen molar-refractivity contribution in [3.63, 3.8) is 0 Å². The number of aromatic nitrogens is 1. The molecule has 3 aromatic rings. The number of hydrogen-bond acceptors (Lipinski definition) is 3. The van der Waals surface area contributed by atoms with Crippen molar-refractivity contribution in [3.05, 3.63) is 71.0 Å². The van der Waals surface area contributed by atoms with Crippen LogP contribution in [0.25, 0.3) is 10.9 Å². The van der Waals surface area contributed by atoms with Gasteiger partial charge in [0.2, 0.25) is 0 Å². The molecule has 0 aliphatic rings. The second-order valence-electron chi connectivity index (χ2n) is 4.77. The first-order valence-corrected chi connectivity index (χ1v) is 6.81. The number of hydrogen-bond donors (Lipinski definition) is 1. The summed E-state index contributed by atoms with van der Waals surface area (Å²) in [5.74, 6) is 0.644. The summed E-state index contributed by atoms with van der Waals surface area (Å²) < 4.78 is 7.38.